The fourth-order valence-electron chi connectivity index (χ4n) is 1.59. The maximum Gasteiger partial charge on any atom is 0.0718 e. The summed E-state index contributed by atoms with van der Waals surface area (Å²) in [5.41, 5.74) is 1.21. The molecule has 19 heavy (non-hydrogen) atoms. The highest BCUT2D eigenvalue weighted by molar-refractivity contribution is 9.26. The van der Waals surface area contributed by atoms with Crippen LogP contribution in [0.15, 0.2) is 30.3 Å². The molecule has 5 heteroatoms. The predicted molar refractivity (Wildman–Crippen MR) is 91.1 cm³/mol. The van der Waals surface area contributed by atoms with Crippen molar-refractivity contribution in [3.05, 3.63) is 35.9 Å². The van der Waals surface area contributed by atoms with Crippen molar-refractivity contribution in [2.75, 3.05) is 19.8 Å². The van der Waals surface area contributed by atoms with Gasteiger partial charge in [0.15, 0.2) is 0 Å². The summed E-state index contributed by atoms with van der Waals surface area (Å²) in [4.78, 5) is 0. The molecule has 0 amide bonds. The van der Waals surface area contributed by atoms with Crippen LogP contribution in [0.4, 0.5) is 0 Å². The second-order valence-electron chi connectivity index (χ2n) is 4.46. The van der Waals surface area contributed by atoms with E-state index in [0.29, 0.717) is 19.8 Å². The fourth-order valence-corrected chi connectivity index (χ4v) is 4.50. The minimum Gasteiger partial charge on any atom is -0.379 e. The lowest BCUT2D eigenvalue weighted by atomic mass is 10.2. The number of rotatable bonds is 10. The van der Waals surface area contributed by atoms with Gasteiger partial charge in [0.05, 0.1) is 32.2 Å². The second-order valence-corrected chi connectivity index (χ2v) is 13.0. The standard InChI is InChI=1S/C14H22Br2O2Si/c1-2-14(15,16)19-11-10-17-8-9-18-12-13-6-4-3-5-7-13/h3-7H,2,8-12,19H2,1H3. The van der Waals surface area contributed by atoms with E-state index < -0.39 is 0 Å². The molecule has 0 aliphatic rings. The maximum absolute atomic E-state index is 5.58. The van der Waals surface area contributed by atoms with E-state index in [1.165, 1.54) is 11.6 Å². The van der Waals surface area contributed by atoms with E-state index in [0.717, 1.165) is 13.0 Å². The van der Waals surface area contributed by atoms with Crippen molar-refractivity contribution in [2.24, 2.45) is 0 Å². The molecule has 2 nitrogen and oxygen atoms in total. The van der Waals surface area contributed by atoms with Gasteiger partial charge >= 0.3 is 0 Å². The summed E-state index contributed by atoms with van der Waals surface area (Å²) in [5.74, 6) is 0. The summed E-state index contributed by atoms with van der Waals surface area (Å²) < 4.78 is 11.4. The van der Waals surface area contributed by atoms with Crippen molar-refractivity contribution < 1.29 is 9.47 Å². The Morgan fingerprint density at radius 2 is 1.74 bits per heavy atom. The predicted octanol–water partition coefficient (Wildman–Crippen LogP) is 3.66. The first-order chi connectivity index (χ1) is 9.14. The van der Waals surface area contributed by atoms with Gasteiger partial charge in [0.1, 0.15) is 0 Å². The molecule has 0 aliphatic heterocycles. The Kier molecular flexibility index (Phi) is 9.24. The summed E-state index contributed by atoms with van der Waals surface area (Å²) in [7, 11) is -0.175. The van der Waals surface area contributed by atoms with Gasteiger partial charge in [-0.1, -0.05) is 69.1 Å². The molecule has 0 saturated heterocycles. The first kappa shape index (κ1) is 17.4. The zero-order valence-corrected chi connectivity index (χ0v) is 16.0. The Labute approximate surface area is 135 Å². The van der Waals surface area contributed by atoms with E-state index in [1.54, 1.807) is 0 Å². The second kappa shape index (κ2) is 10.1. The molecule has 0 N–H and O–H groups in total. The lowest BCUT2D eigenvalue weighted by Gasteiger charge is -2.17. The molecule has 0 fully saturated rings. The van der Waals surface area contributed by atoms with Gasteiger partial charge in [-0.25, -0.2) is 0 Å². The normalized spacial score (nSPS) is 12.4. The molecule has 0 unspecified atom stereocenters. The highest BCUT2D eigenvalue weighted by Gasteiger charge is 2.19. The smallest absolute Gasteiger partial charge is 0.0718 e. The van der Waals surface area contributed by atoms with Gasteiger partial charge in [-0.2, -0.15) is 0 Å². The van der Waals surface area contributed by atoms with E-state index >= 15 is 0 Å². The van der Waals surface area contributed by atoms with Crippen molar-refractivity contribution in [3.8, 4) is 0 Å². The van der Waals surface area contributed by atoms with Crippen LogP contribution < -0.4 is 0 Å². The van der Waals surface area contributed by atoms with Crippen molar-refractivity contribution in [2.45, 2.75) is 28.9 Å². The number of halogens is 2. The molecule has 0 aliphatic carbocycles. The maximum atomic E-state index is 5.58. The third-order valence-corrected chi connectivity index (χ3v) is 8.21. The average Bonchev–Trinajstić information content (AvgIpc) is 2.43. The quantitative estimate of drug-likeness (QED) is 0.333. The number of benzene rings is 1. The Balaban J connectivity index is 1.92. The van der Waals surface area contributed by atoms with Gasteiger partial charge in [0, 0.05) is 6.61 Å². The number of ether oxygens (including phenoxy) is 2. The van der Waals surface area contributed by atoms with Crippen LogP contribution in [0.2, 0.25) is 6.04 Å². The van der Waals surface area contributed by atoms with Crippen LogP contribution in [0.1, 0.15) is 18.9 Å². The van der Waals surface area contributed by atoms with Gasteiger partial charge in [-0.05, 0) is 18.0 Å². The lowest BCUT2D eigenvalue weighted by molar-refractivity contribution is 0.0453. The number of hydrogen-bond acceptors (Lipinski definition) is 2. The van der Waals surface area contributed by atoms with Crippen molar-refractivity contribution >= 4 is 41.4 Å². The molecular weight excluding hydrogens is 388 g/mol. The van der Waals surface area contributed by atoms with Crippen LogP contribution in [0, 0.1) is 0 Å². The van der Waals surface area contributed by atoms with Gasteiger partial charge in [-0.3, -0.25) is 0 Å². The van der Waals surface area contributed by atoms with E-state index in [4.69, 9.17) is 9.47 Å². The largest absolute Gasteiger partial charge is 0.379 e. The molecule has 0 aromatic heterocycles. The Hall–Kier alpha value is 0.317. The average molecular weight is 410 g/mol. The zero-order chi connectivity index (χ0) is 14.0. The van der Waals surface area contributed by atoms with Crippen molar-refractivity contribution in [1.82, 2.24) is 0 Å². The lowest BCUT2D eigenvalue weighted by Crippen LogP contribution is -2.21. The van der Waals surface area contributed by atoms with E-state index in [9.17, 15) is 0 Å². The Bertz CT molecular complexity index is 333. The molecule has 0 saturated carbocycles. The Morgan fingerprint density at radius 1 is 1.05 bits per heavy atom. The number of hydrogen-bond donors (Lipinski definition) is 0. The fraction of sp³-hybridized carbons (Fsp3) is 0.571. The first-order valence-corrected chi connectivity index (χ1v) is 10.0. The van der Waals surface area contributed by atoms with E-state index in [2.05, 4.69) is 50.9 Å². The molecule has 0 radical (unpaired) electrons. The van der Waals surface area contributed by atoms with Crippen LogP contribution in [-0.2, 0) is 16.1 Å². The van der Waals surface area contributed by atoms with Gasteiger partial charge in [0.2, 0.25) is 0 Å². The summed E-state index contributed by atoms with van der Waals surface area (Å²) in [6.45, 7) is 5.05. The zero-order valence-electron chi connectivity index (χ0n) is 11.4. The minimum absolute atomic E-state index is 0.175. The molecule has 0 spiro atoms. The molecule has 1 aromatic carbocycles. The van der Waals surface area contributed by atoms with Crippen molar-refractivity contribution in [3.63, 3.8) is 0 Å². The van der Waals surface area contributed by atoms with Crippen LogP contribution in [0.25, 0.3) is 0 Å². The highest BCUT2D eigenvalue weighted by Crippen LogP contribution is 2.29. The van der Waals surface area contributed by atoms with Crippen LogP contribution in [-0.4, -0.2) is 32.2 Å². The molecule has 108 valence electrons. The molecule has 1 rings (SSSR count). The molecule has 0 atom stereocenters. The van der Waals surface area contributed by atoms with Gasteiger partial charge < -0.3 is 9.47 Å². The molecule has 0 heterocycles. The van der Waals surface area contributed by atoms with E-state index in [1.807, 2.05) is 18.2 Å². The number of alkyl halides is 2. The molecule has 1 aromatic rings. The van der Waals surface area contributed by atoms with E-state index in [-0.39, 0.29) is 12.4 Å². The van der Waals surface area contributed by atoms with Gasteiger partial charge in [0.25, 0.3) is 0 Å². The molecule has 0 bridgehead atoms. The summed E-state index contributed by atoms with van der Waals surface area (Å²) in [6.07, 6.45) is 1.12. The minimum atomic E-state index is -0.175. The third-order valence-electron chi connectivity index (χ3n) is 2.83. The first-order valence-electron chi connectivity index (χ1n) is 6.71. The summed E-state index contributed by atoms with van der Waals surface area (Å²) in [5, 5.41) is 0. The summed E-state index contributed by atoms with van der Waals surface area (Å²) >= 11 is 7.40. The molecular formula is C14H22Br2O2Si. The van der Waals surface area contributed by atoms with Crippen LogP contribution in [0.3, 0.4) is 0 Å². The highest BCUT2D eigenvalue weighted by atomic mass is 79.9. The Morgan fingerprint density at radius 3 is 2.42 bits per heavy atom. The summed E-state index contributed by atoms with van der Waals surface area (Å²) in [6, 6.07) is 11.4. The topological polar surface area (TPSA) is 18.5 Å². The van der Waals surface area contributed by atoms with Crippen LogP contribution >= 0.6 is 31.9 Å². The monoisotopic (exact) mass is 408 g/mol. The van der Waals surface area contributed by atoms with Crippen LogP contribution in [0.5, 0.6) is 0 Å². The van der Waals surface area contributed by atoms with Gasteiger partial charge in [-0.15, -0.1) is 0 Å². The third kappa shape index (κ3) is 8.97. The van der Waals surface area contributed by atoms with Crippen molar-refractivity contribution in [1.29, 1.82) is 0 Å². The SMILES string of the molecule is CCC(Br)(Br)[SiH2]CCOCCOCc1ccccc1.